The van der Waals surface area contributed by atoms with Crippen molar-refractivity contribution in [2.45, 2.75) is 6.92 Å². The molecule has 2 rings (SSSR count). The van der Waals surface area contributed by atoms with Crippen molar-refractivity contribution in [1.29, 1.82) is 0 Å². The van der Waals surface area contributed by atoms with Crippen molar-refractivity contribution in [2.24, 2.45) is 5.10 Å². The number of carbonyl (C=O) groups excluding carboxylic acids is 1. The summed E-state index contributed by atoms with van der Waals surface area (Å²) < 4.78 is 6.10. The first-order chi connectivity index (χ1) is 9.60. The minimum Gasteiger partial charge on any atom is -0.496 e. The maximum Gasteiger partial charge on any atom is 0.291 e. The number of ether oxygens (including phenoxy) is 1. The quantitative estimate of drug-likeness (QED) is 0.663. The van der Waals surface area contributed by atoms with Gasteiger partial charge in [-0.15, -0.1) is 0 Å². The summed E-state index contributed by atoms with van der Waals surface area (Å²) in [7, 11) is 1.58. The largest absolute Gasteiger partial charge is 0.496 e. The first kappa shape index (κ1) is 14.3. The zero-order chi connectivity index (χ0) is 14.5. The van der Waals surface area contributed by atoms with Crippen molar-refractivity contribution >= 4 is 28.1 Å². The van der Waals surface area contributed by atoms with Crippen LogP contribution in [0.4, 0.5) is 0 Å². The second-order valence-corrected chi connectivity index (χ2v) is 4.94. The number of methoxy groups -OCH3 is 1. The fourth-order valence-corrected chi connectivity index (χ4v) is 1.94. The first-order valence-corrected chi connectivity index (χ1v) is 6.58. The molecule has 2 N–H and O–H groups in total. The number of hydrogen-bond acceptors (Lipinski definition) is 4. The molecule has 6 nitrogen and oxygen atoms in total. The van der Waals surface area contributed by atoms with Gasteiger partial charge in [0.1, 0.15) is 5.75 Å². The smallest absolute Gasteiger partial charge is 0.291 e. The van der Waals surface area contributed by atoms with E-state index in [9.17, 15) is 4.79 Å². The Morgan fingerprint density at radius 1 is 1.50 bits per heavy atom. The van der Waals surface area contributed by atoms with Crippen LogP contribution in [0.25, 0.3) is 0 Å². The molecule has 0 unspecified atom stereocenters. The number of aryl methyl sites for hydroxylation is 1. The maximum atomic E-state index is 11.7. The molecule has 20 heavy (non-hydrogen) atoms. The van der Waals surface area contributed by atoms with E-state index in [1.807, 2.05) is 25.1 Å². The van der Waals surface area contributed by atoms with E-state index in [1.54, 1.807) is 13.2 Å². The molecule has 104 valence electrons. The summed E-state index contributed by atoms with van der Waals surface area (Å²) in [5.41, 5.74) is 4.26. The normalized spacial score (nSPS) is 10.8. The molecule has 2 aromatic rings. The van der Waals surface area contributed by atoms with Crippen molar-refractivity contribution in [3.63, 3.8) is 0 Å². The second-order valence-electron chi connectivity index (χ2n) is 4.02. The van der Waals surface area contributed by atoms with Crippen LogP contribution in [0.15, 0.2) is 33.8 Å². The standard InChI is InChI=1S/C13H13BrN4O2/c1-8-5-11(17-16-8)13(19)18-15-7-9-6-10(14)3-4-12(9)20-2/h3-7H,1-2H3,(H,16,17)(H,18,19). The summed E-state index contributed by atoms with van der Waals surface area (Å²) in [4.78, 5) is 11.7. The fraction of sp³-hybridized carbons (Fsp3) is 0.154. The summed E-state index contributed by atoms with van der Waals surface area (Å²) in [6, 6.07) is 7.16. The predicted molar refractivity (Wildman–Crippen MR) is 79.1 cm³/mol. The van der Waals surface area contributed by atoms with Gasteiger partial charge < -0.3 is 4.74 Å². The van der Waals surface area contributed by atoms with Crippen molar-refractivity contribution < 1.29 is 9.53 Å². The molecule has 0 saturated carbocycles. The maximum absolute atomic E-state index is 11.7. The van der Waals surface area contributed by atoms with E-state index in [2.05, 4.69) is 36.7 Å². The van der Waals surface area contributed by atoms with E-state index >= 15 is 0 Å². The Morgan fingerprint density at radius 3 is 2.95 bits per heavy atom. The lowest BCUT2D eigenvalue weighted by atomic mass is 10.2. The van der Waals surface area contributed by atoms with E-state index in [-0.39, 0.29) is 5.91 Å². The molecule has 1 aromatic heterocycles. The minimum absolute atomic E-state index is 0.292. The van der Waals surface area contributed by atoms with E-state index in [1.165, 1.54) is 6.21 Å². The highest BCUT2D eigenvalue weighted by Gasteiger charge is 2.07. The molecule has 0 fully saturated rings. The van der Waals surface area contributed by atoms with E-state index < -0.39 is 0 Å². The van der Waals surface area contributed by atoms with E-state index in [0.717, 1.165) is 15.7 Å². The minimum atomic E-state index is -0.375. The van der Waals surface area contributed by atoms with Gasteiger partial charge in [0.2, 0.25) is 0 Å². The van der Waals surface area contributed by atoms with Crippen molar-refractivity contribution in [2.75, 3.05) is 7.11 Å². The third kappa shape index (κ3) is 3.45. The van der Waals surface area contributed by atoms with Gasteiger partial charge in [0.05, 0.1) is 13.3 Å². The Morgan fingerprint density at radius 2 is 2.30 bits per heavy atom. The van der Waals surface area contributed by atoms with Crippen LogP contribution in [0.2, 0.25) is 0 Å². The van der Waals surface area contributed by atoms with Gasteiger partial charge in [0, 0.05) is 15.7 Å². The molecule has 1 aromatic carbocycles. The lowest BCUT2D eigenvalue weighted by Crippen LogP contribution is -2.18. The van der Waals surface area contributed by atoms with Crippen molar-refractivity contribution in [3.8, 4) is 5.75 Å². The van der Waals surface area contributed by atoms with Gasteiger partial charge in [-0.3, -0.25) is 9.89 Å². The third-order valence-corrected chi connectivity index (χ3v) is 2.99. The summed E-state index contributed by atoms with van der Waals surface area (Å²) in [5.74, 6) is 0.293. The van der Waals surface area contributed by atoms with Gasteiger partial charge in [-0.1, -0.05) is 15.9 Å². The first-order valence-electron chi connectivity index (χ1n) is 5.79. The molecule has 0 bridgehead atoms. The lowest BCUT2D eigenvalue weighted by molar-refractivity contribution is 0.0950. The number of amides is 1. The number of hydrogen-bond donors (Lipinski definition) is 2. The zero-order valence-electron chi connectivity index (χ0n) is 11.0. The molecule has 0 aliphatic carbocycles. The molecule has 0 radical (unpaired) electrons. The number of hydrazone groups is 1. The summed E-state index contributed by atoms with van der Waals surface area (Å²) in [6.07, 6.45) is 1.51. The summed E-state index contributed by atoms with van der Waals surface area (Å²) in [6.45, 7) is 1.82. The van der Waals surface area contributed by atoms with Crippen LogP contribution in [0.5, 0.6) is 5.75 Å². The van der Waals surface area contributed by atoms with Crippen LogP contribution in [-0.2, 0) is 0 Å². The Labute approximate surface area is 124 Å². The molecule has 0 spiro atoms. The number of aromatic nitrogens is 2. The Kier molecular flexibility index (Phi) is 4.52. The number of H-pyrrole nitrogens is 1. The van der Waals surface area contributed by atoms with Gasteiger partial charge >= 0.3 is 0 Å². The summed E-state index contributed by atoms with van der Waals surface area (Å²) in [5, 5.41) is 10.4. The van der Waals surface area contributed by atoms with Gasteiger partial charge in [0.15, 0.2) is 5.69 Å². The van der Waals surface area contributed by atoms with Gasteiger partial charge in [0.25, 0.3) is 5.91 Å². The molecule has 1 heterocycles. The Bertz CT molecular complexity index is 652. The average Bonchev–Trinajstić information content (AvgIpc) is 2.86. The van der Waals surface area contributed by atoms with Gasteiger partial charge in [-0.05, 0) is 31.2 Å². The number of nitrogens with one attached hydrogen (secondary N) is 2. The Balaban J connectivity index is 2.07. The fourth-order valence-electron chi connectivity index (χ4n) is 1.56. The number of halogens is 1. The lowest BCUT2D eigenvalue weighted by Gasteiger charge is -2.04. The molecule has 0 atom stereocenters. The average molecular weight is 337 g/mol. The van der Waals surface area contributed by atoms with E-state index in [4.69, 9.17) is 4.74 Å². The van der Waals surface area contributed by atoms with Crippen LogP contribution >= 0.6 is 15.9 Å². The van der Waals surface area contributed by atoms with Gasteiger partial charge in [-0.2, -0.15) is 10.2 Å². The number of nitrogens with zero attached hydrogens (tertiary/aromatic N) is 2. The molecule has 0 aliphatic heterocycles. The highest BCUT2D eigenvalue weighted by atomic mass is 79.9. The van der Waals surface area contributed by atoms with Crippen LogP contribution in [-0.4, -0.2) is 29.4 Å². The molecule has 1 amide bonds. The number of rotatable bonds is 4. The van der Waals surface area contributed by atoms with Crippen LogP contribution in [0, 0.1) is 6.92 Å². The SMILES string of the molecule is COc1ccc(Br)cc1C=NNC(=O)c1cc(C)[nH]n1. The Hall–Kier alpha value is -2.15. The van der Waals surface area contributed by atoms with Crippen molar-refractivity contribution in [3.05, 3.63) is 45.7 Å². The summed E-state index contributed by atoms with van der Waals surface area (Å²) >= 11 is 3.37. The van der Waals surface area contributed by atoms with Crippen molar-refractivity contribution in [1.82, 2.24) is 15.6 Å². The highest BCUT2D eigenvalue weighted by Crippen LogP contribution is 2.21. The van der Waals surface area contributed by atoms with Crippen LogP contribution in [0.1, 0.15) is 21.7 Å². The molecule has 0 aliphatic rings. The number of aromatic amines is 1. The highest BCUT2D eigenvalue weighted by molar-refractivity contribution is 9.10. The van der Waals surface area contributed by atoms with E-state index in [0.29, 0.717) is 11.4 Å². The second kappa shape index (κ2) is 6.33. The number of carbonyl (C=O) groups is 1. The third-order valence-electron chi connectivity index (χ3n) is 2.50. The van der Waals surface area contributed by atoms with Gasteiger partial charge in [-0.25, -0.2) is 5.43 Å². The van der Waals surface area contributed by atoms with Crippen LogP contribution < -0.4 is 10.2 Å². The molecule has 7 heteroatoms. The predicted octanol–water partition coefficient (Wildman–Crippen LogP) is 2.25. The topological polar surface area (TPSA) is 79.4 Å². The molecular weight excluding hydrogens is 324 g/mol. The number of benzene rings is 1. The zero-order valence-corrected chi connectivity index (χ0v) is 12.6. The van der Waals surface area contributed by atoms with Crippen LogP contribution in [0.3, 0.4) is 0 Å². The molecule has 0 saturated heterocycles. The molecular formula is C13H13BrN4O2. The monoisotopic (exact) mass is 336 g/mol.